The fourth-order valence-corrected chi connectivity index (χ4v) is 4.22. The smallest absolute Gasteiger partial charge is 0.256 e. The maximum Gasteiger partial charge on any atom is 0.256 e. The number of nitriles is 1. The van der Waals surface area contributed by atoms with E-state index >= 15 is 0 Å². The summed E-state index contributed by atoms with van der Waals surface area (Å²) in [5.41, 5.74) is 2.84. The second-order valence-electron chi connectivity index (χ2n) is 7.69. The van der Waals surface area contributed by atoms with E-state index in [2.05, 4.69) is 26.4 Å². The van der Waals surface area contributed by atoms with E-state index in [1.807, 2.05) is 19.1 Å². The standard InChI is InChI=1S/C23H18ClN7O2/c1-14-16(4-2-5-18(14)24)21-28-22(33-29-21)20-6-3-11-30(20)23(32)17-12-15(13-25)7-8-19(17)31-26-9-10-27-31/h2,4-5,7-10,12,20H,3,6,11H2,1H3/t20-/m0/s1. The van der Waals surface area contributed by atoms with Crippen LogP contribution in [0.5, 0.6) is 0 Å². The van der Waals surface area contributed by atoms with Crippen LogP contribution in [0.25, 0.3) is 17.1 Å². The van der Waals surface area contributed by atoms with E-state index < -0.39 is 0 Å². The van der Waals surface area contributed by atoms with Gasteiger partial charge in [-0.3, -0.25) is 4.79 Å². The van der Waals surface area contributed by atoms with Crippen LogP contribution < -0.4 is 0 Å². The fourth-order valence-electron chi connectivity index (χ4n) is 4.04. The van der Waals surface area contributed by atoms with E-state index in [4.69, 9.17) is 16.1 Å². The second-order valence-corrected chi connectivity index (χ2v) is 8.09. The van der Waals surface area contributed by atoms with Crippen LogP contribution in [0.3, 0.4) is 0 Å². The highest BCUT2D eigenvalue weighted by molar-refractivity contribution is 6.31. The number of carbonyl (C=O) groups excluding carboxylic acids is 1. The number of amides is 1. The van der Waals surface area contributed by atoms with Gasteiger partial charge in [-0.15, -0.1) is 0 Å². The summed E-state index contributed by atoms with van der Waals surface area (Å²) < 4.78 is 5.58. The summed E-state index contributed by atoms with van der Waals surface area (Å²) in [7, 11) is 0. The second kappa shape index (κ2) is 8.48. The van der Waals surface area contributed by atoms with Crippen molar-refractivity contribution in [3.63, 3.8) is 0 Å². The Labute approximate surface area is 194 Å². The summed E-state index contributed by atoms with van der Waals surface area (Å²) in [5, 5.41) is 22.4. The minimum atomic E-state index is -0.373. The lowest BCUT2D eigenvalue weighted by atomic mass is 10.1. The first kappa shape index (κ1) is 20.8. The van der Waals surface area contributed by atoms with Crippen LogP contribution in [-0.2, 0) is 0 Å². The third kappa shape index (κ3) is 3.75. The van der Waals surface area contributed by atoms with Crippen LogP contribution in [0.1, 0.15) is 46.3 Å². The number of nitrogens with zero attached hydrogens (tertiary/aromatic N) is 7. The third-order valence-electron chi connectivity index (χ3n) is 5.74. The first-order valence-corrected chi connectivity index (χ1v) is 10.8. The number of likely N-dealkylation sites (tertiary alicyclic amines) is 1. The van der Waals surface area contributed by atoms with Crippen molar-refractivity contribution in [1.29, 1.82) is 5.26 Å². The number of rotatable bonds is 4. The molecule has 33 heavy (non-hydrogen) atoms. The van der Waals surface area contributed by atoms with Gasteiger partial charge in [0.15, 0.2) is 0 Å². The molecule has 164 valence electrons. The van der Waals surface area contributed by atoms with Crippen molar-refractivity contribution in [1.82, 2.24) is 30.0 Å². The Hall–Kier alpha value is -4.03. The molecule has 2 aromatic heterocycles. The van der Waals surface area contributed by atoms with Gasteiger partial charge in [0.05, 0.1) is 35.3 Å². The Morgan fingerprint density at radius 3 is 2.85 bits per heavy atom. The van der Waals surface area contributed by atoms with Crippen LogP contribution in [0.4, 0.5) is 0 Å². The molecule has 0 saturated carbocycles. The topological polar surface area (TPSA) is 114 Å². The molecule has 0 spiro atoms. The Morgan fingerprint density at radius 2 is 2.06 bits per heavy atom. The van der Waals surface area contributed by atoms with Gasteiger partial charge < -0.3 is 9.42 Å². The first-order valence-electron chi connectivity index (χ1n) is 10.4. The molecule has 1 amide bonds. The highest BCUT2D eigenvalue weighted by Crippen LogP contribution is 2.35. The van der Waals surface area contributed by atoms with Gasteiger partial charge in [0.1, 0.15) is 6.04 Å². The van der Waals surface area contributed by atoms with Gasteiger partial charge in [0, 0.05) is 17.1 Å². The van der Waals surface area contributed by atoms with Crippen LogP contribution >= 0.6 is 11.6 Å². The maximum atomic E-state index is 13.6. The van der Waals surface area contributed by atoms with Crippen LogP contribution in [0, 0.1) is 18.3 Å². The predicted molar refractivity (Wildman–Crippen MR) is 119 cm³/mol. The Kier molecular flexibility index (Phi) is 5.36. The number of halogens is 1. The molecule has 0 radical (unpaired) electrons. The van der Waals surface area contributed by atoms with Gasteiger partial charge in [-0.25, -0.2) is 0 Å². The lowest BCUT2D eigenvalue weighted by Gasteiger charge is -2.23. The van der Waals surface area contributed by atoms with Crippen molar-refractivity contribution in [2.24, 2.45) is 0 Å². The average Bonchev–Trinajstić information content (AvgIpc) is 3.61. The quantitative estimate of drug-likeness (QED) is 0.450. The zero-order chi connectivity index (χ0) is 22.9. The van der Waals surface area contributed by atoms with Crippen molar-refractivity contribution in [3.8, 4) is 23.1 Å². The van der Waals surface area contributed by atoms with Gasteiger partial charge in [0.25, 0.3) is 5.91 Å². The molecule has 2 aromatic carbocycles. The number of aromatic nitrogens is 5. The van der Waals surface area contributed by atoms with E-state index in [0.717, 1.165) is 17.5 Å². The molecule has 4 aromatic rings. The molecule has 0 bridgehead atoms. The van der Waals surface area contributed by atoms with Crippen molar-refractivity contribution >= 4 is 17.5 Å². The Morgan fingerprint density at radius 1 is 1.24 bits per heavy atom. The molecule has 1 aliphatic heterocycles. The molecule has 0 N–H and O–H groups in total. The Bertz CT molecular complexity index is 1370. The Balaban J connectivity index is 1.49. The maximum absolute atomic E-state index is 13.6. The molecule has 1 fully saturated rings. The summed E-state index contributed by atoms with van der Waals surface area (Å²) in [6.45, 7) is 2.42. The third-order valence-corrected chi connectivity index (χ3v) is 6.15. The monoisotopic (exact) mass is 459 g/mol. The largest absolute Gasteiger partial charge is 0.337 e. The van der Waals surface area contributed by atoms with E-state index in [0.29, 0.717) is 46.5 Å². The number of carbonyl (C=O) groups is 1. The van der Waals surface area contributed by atoms with Gasteiger partial charge in [-0.2, -0.15) is 25.2 Å². The molecule has 10 heteroatoms. The molecule has 3 heterocycles. The summed E-state index contributed by atoms with van der Waals surface area (Å²) in [4.78, 5) is 21.3. The van der Waals surface area contributed by atoms with E-state index in [1.54, 1.807) is 29.2 Å². The van der Waals surface area contributed by atoms with E-state index in [9.17, 15) is 10.1 Å². The van der Waals surface area contributed by atoms with Gasteiger partial charge in [0.2, 0.25) is 11.7 Å². The summed E-state index contributed by atoms with van der Waals surface area (Å²) in [6, 6.07) is 12.1. The molecule has 1 saturated heterocycles. The SMILES string of the molecule is Cc1c(Cl)cccc1-c1noc([C@@H]2CCCN2C(=O)c2cc(C#N)ccc2-n2nccn2)n1. The number of hydrogen-bond acceptors (Lipinski definition) is 7. The molecule has 0 unspecified atom stereocenters. The number of hydrogen-bond donors (Lipinski definition) is 0. The lowest BCUT2D eigenvalue weighted by molar-refractivity contribution is 0.0709. The minimum absolute atomic E-state index is 0.249. The van der Waals surface area contributed by atoms with Crippen LogP contribution in [0.2, 0.25) is 5.02 Å². The normalized spacial score (nSPS) is 15.5. The van der Waals surface area contributed by atoms with Gasteiger partial charge >= 0.3 is 0 Å². The van der Waals surface area contributed by atoms with Crippen molar-refractivity contribution < 1.29 is 9.32 Å². The van der Waals surface area contributed by atoms with Crippen molar-refractivity contribution in [3.05, 3.63) is 76.4 Å². The zero-order valence-corrected chi connectivity index (χ0v) is 18.4. The van der Waals surface area contributed by atoms with Crippen molar-refractivity contribution in [2.75, 3.05) is 6.54 Å². The highest BCUT2D eigenvalue weighted by atomic mass is 35.5. The van der Waals surface area contributed by atoms with Crippen molar-refractivity contribution in [2.45, 2.75) is 25.8 Å². The van der Waals surface area contributed by atoms with Crippen LogP contribution in [0.15, 0.2) is 53.3 Å². The predicted octanol–water partition coefficient (Wildman–Crippen LogP) is 4.13. The lowest BCUT2D eigenvalue weighted by Crippen LogP contribution is -2.31. The summed E-state index contributed by atoms with van der Waals surface area (Å²) >= 11 is 6.24. The molecule has 9 nitrogen and oxygen atoms in total. The van der Waals surface area contributed by atoms with E-state index in [1.165, 1.54) is 17.2 Å². The zero-order valence-electron chi connectivity index (χ0n) is 17.6. The number of benzene rings is 2. The average molecular weight is 460 g/mol. The first-order chi connectivity index (χ1) is 16.1. The summed E-state index contributed by atoms with van der Waals surface area (Å²) in [5.74, 6) is 0.545. The molecule has 5 rings (SSSR count). The highest BCUT2D eigenvalue weighted by Gasteiger charge is 2.36. The van der Waals surface area contributed by atoms with Gasteiger partial charge in [-0.1, -0.05) is 28.9 Å². The molecular weight excluding hydrogens is 442 g/mol. The molecule has 1 aliphatic rings. The fraction of sp³-hybridized carbons (Fsp3) is 0.217. The van der Waals surface area contributed by atoms with Crippen LogP contribution in [-0.4, -0.2) is 42.5 Å². The van der Waals surface area contributed by atoms with E-state index in [-0.39, 0.29) is 11.9 Å². The molecule has 0 aliphatic carbocycles. The molecule has 1 atom stereocenters. The molecular formula is C23H18ClN7O2. The summed E-state index contributed by atoms with van der Waals surface area (Å²) in [6.07, 6.45) is 4.54. The minimum Gasteiger partial charge on any atom is -0.337 e. The van der Waals surface area contributed by atoms with Gasteiger partial charge in [-0.05, 0) is 49.6 Å².